The maximum Gasteiger partial charge on any atom is 0.155 e. The number of hydrogen-bond acceptors (Lipinski definition) is 4. The maximum atomic E-state index is 4.80. The van der Waals surface area contributed by atoms with Crippen LogP contribution in [0.3, 0.4) is 0 Å². The van der Waals surface area contributed by atoms with Crippen molar-refractivity contribution >= 4 is 44.2 Å². The molecule has 2 N–H and O–H groups in total. The lowest BCUT2D eigenvalue weighted by Crippen LogP contribution is -1.96. The van der Waals surface area contributed by atoms with Crippen LogP contribution in [-0.2, 0) is 0 Å². The zero-order valence-electron chi connectivity index (χ0n) is 13.6. The van der Waals surface area contributed by atoms with Gasteiger partial charge >= 0.3 is 0 Å². The molecule has 0 aliphatic rings. The van der Waals surface area contributed by atoms with Crippen molar-refractivity contribution in [3.8, 4) is 0 Å². The average molecular weight is 325 g/mol. The molecule has 4 heterocycles. The van der Waals surface area contributed by atoms with E-state index in [9.17, 15) is 0 Å². The highest BCUT2D eigenvalue weighted by molar-refractivity contribution is 6.21. The molecule has 0 atom stereocenters. The number of pyridine rings is 3. The SMILES string of the molecule is Cc1cccc(Nc2nc3cnccc3c3c2[nH]c2cnccc23)c1. The fourth-order valence-corrected chi connectivity index (χ4v) is 3.31. The third kappa shape index (κ3) is 2.21. The van der Waals surface area contributed by atoms with Gasteiger partial charge in [0, 0.05) is 34.2 Å². The second kappa shape index (κ2) is 5.27. The molecule has 1 aromatic carbocycles. The number of aromatic nitrogens is 4. The molecule has 0 saturated heterocycles. The van der Waals surface area contributed by atoms with Gasteiger partial charge in [0.2, 0.25) is 0 Å². The minimum Gasteiger partial charge on any atom is -0.350 e. The van der Waals surface area contributed by atoms with Gasteiger partial charge < -0.3 is 10.3 Å². The summed E-state index contributed by atoms with van der Waals surface area (Å²) in [6.45, 7) is 2.08. The van der Waals surface area contributed by atoms with Gasteiger partial charge in [0.25, 0.3) is 0 Å². The molecule has 0 aliphatic heterocycles. The number of hydrogen-bond donors (Lipinski definition) is 2. The Morgan fingerprint density at radius 1 is 0.960 bits per heavy atom. The molecule has 5 aromatic rings. The second-order valence-electron chi connectivity index (χ2n) is 6.14. The Morgan fingerprint density at radius 3 is 2.68 bits per heavy atom. The summed E-state index contributed by atoms with van der Waals surface area (Å²) in [6.07, 6.45) is 7.27. The van der Waals surface area contributed by atoms with Crippen LogP contribution in [0.15, 0.2) is 61.2 Å². The lowest BCUT2D eigenvalue weighted by atomic mass is 10.1. The van der Waals surface area contributed by atoms with Crippen LogP contribution >= 0.6 is 0 Å². The first kappa shape index (κ1) is 13.9. The number of nitrogens with one attached hydrogen (secondary N) is 2. The molecule has 0 unspecified atom stereocenters. The molecule has 0 bridgehead atoms. The lowest BCUT2D eigenvalue weighted by molar-refractivity contribution is 1.31. The minimum absolute atomic E-state index is 0.789. The largest absolute Gasteiger partial charge is 0.350 e. The van der Waals surface area contributed by atoms with Crippen molar-refractivity contribution in [1.29, 1.82) is 0 Å². The smallest absolute Gasteiger partial charge is 0.155 e. The summed E-state index contributed by atoms with van der Waals surface area (Å²) in [5.74, 6) is 0.789. The van der Waals surface area contributed by atoms with E-state index < -0.39 is 0 Å². The molecule has 0 fully saturated rings. The summed E-state index contributed by atoms with van der Waals surface area (Å²) in [5.41, 5.74) is 5.04. The van der Waals surface area contributed by atoms with Crippen LogP contribution in [0.1, 0.15) is 5.56 Å². The van der Waals surface area contributed by atoms with Crippen LogP contribution in [0.4, 0.5) is 11.5 Å². The van der Waals surface area contributed by atoms with Gasteiger partial charge in [-0.1, -0.05) is 12.1 Å². The molecule has 0 radical (unpaired) electrons. The molecule has 120 valence electrons. The van der Waals surface area contributed by atoms with E-state index in [1.807, 2.05) is 36.7 Å². The van der Waals surface area contributed by atoms with Crippen LogP contribution in [0.2, 0.25) is 0 Å². The highest BCUT2D eigenvalue weighted by atomic mass is 15.0. The van der Waals surface area contributed by atoms with Crippen molar-refractivity contribution in [2.45, 2.75) is 6.92 Å². The summed E-state index contributed by atoms with van der Waals surface area (Å²) in [6, 6.07) is 12.3. The summed E-state index contributed by atoms with van der Waals surface area (Å²) in [4.78, 5) is 16.7. The van der Waals surface area contributed by atoms with Crippen LogP contribution in [0.25, 0.3) is 32.7 Å². The number of fused-ring (bicyclic) bond motifs is 5. The number of H-pyrrole nitrogens is 1. The van der Waals surface area contributed by atoms with Crippen LogP contribution in [-0.4, -0.2) is 19.9 Å². The molecular formula is C20H15N5. The molecular weight excluding hydrogens is 310 g/mol. The van der Waals surface area contributed by atoms with E-state index in [2.05, 4.69) is 39.3 Å². The van der Waals surface area contributed by atoms with E-state index in [4.69, 9.17) is 4.98 Å². The first-order valence-electron chi connectivity index (χ1n) is 8.12. The molecule has 0 amide bonds. The van der Waals surface area contributed by atoms with Gasteiger partial charge in [0.15, 0.2) is 5.82 Å². The van der Waals surface area contributed by atoms with E-state index >= 15 is 0 Å². The first-order valence-corrected chi connectivity index (χ1v) is 8.12. The Kier molecular flexibility index (Phi) is 2.94. The van der Waals surface area contributed by atoms with Gasteiger partial charge in [-0.15, -0.1) is 0 Å². The van der Waals surface area contributed by atoms with Crippen LogP contribution in [0.5, 0.6) is 0 Å². The predicted molar refractivity (Wildman–Crippen MR) is 101 cm³/mol. The average Bonchev–Trinajstić information content (AvgIpc) is 3.02. The summed E-state index contributed by atoms with van der Waals surface area (Å²) < 4.78 is 0. The van der Waals surface area contributed by atoms with Gasteiger partial charge in [-0.3, -0.25) is 9.97 Å². The summed E-state index contributed by atoms with van der Waals surface area (Å²) >= 11 is 0. The van der Waals surface area contributed by atoms with Crippen molar-refractivity contribution in [3.05, 3.63) is 66.7 Å². The van der Waals surface area contributed by atoms with Crippen LogP contribution < -0.4 is 5.32 Å². The van der Waals surface area contributed by atoms with Gasteiger partial charge in [-0.25, -0.2) is 4.98 Å². The number of benzene rings is 1. The van der Waals surface area contributed by atoms with Crippen molar-refractivity contribution in [1.82, 2.24) is 19.9 Å². The zero-order valence-corrected chi connectivity index (χ0v) is 13.6. The third-order valence-corrected chi connectivity index (χ3v) is 4.42. The van der Waals surface area contributed by atoms with Gasteiger partial charge in [0.05, 0.1) is 28.9 Å². The molecule has 4 aromatic heterocycles. The Bertz CT molecular complexity index is 1240. The van der Waals surface area contributed by atoms with Gasteiger partial charge in [-0.2, -0.15) is 0 Å². The minimum atomic E-state index is 0.789. The number of rotatable bonds is 2. The van der Waals surface area contributed by atoms with Crippen molar-refractivity contribution in [3.63, 3.8) is 0 Å². The number of anilines is 2. The van der Waals surface area contributed by atoms with Crippen molar-refractivity contribution < 1.29 is 0 Å². The van der Waals surface area contributed by atoms with Crippen molar-refractivity contribution in [2.75, 3.05) is 5.32 Å². The van der Waals surface area contributed by atoms with E-state index in [0.29, 0.717) is 0 Å². The third-order valence-electron chi connectivity index (χ3n) is 4.42. The lowest BCUT2D eigenvalue weighted by Gasteiger charge is -2.09. The van der Waals surface area contributed by atoms with E-state index in [-0.39, 0.29) is 0 Å². The summed E-state index contributed by atoms with van der Waals surface area (Å²) in [5, 5.41) is 6.81. The second-order valence-corrected chi connectivity index (χ2v) is 6.14. The summed E-state index contributed by atoms with van der Waals surface area (Å²) in [7, 11) is 0. The van der Waals surface area contributed by atoms with Crippen molar-refractivity contribution in [2.24, 2.45) is 0 Å². The fourth-order valence-electron chi connectivity index (χ4n) is 3.31. The van der Waals surface area contributed by atoms with Gasteiger partial charge in [-0.05, 0) is 36.8 Å². The quantitative estimate of drug-likeness (QED) is 0.493. The van der Waals surface area contributed by atoms with Gasteiger partial charge in [0.1, 0.15) is 0 Å². The molecule has 5 rings (SSSR count). The maximum absolute atomic E-state index is 4.80. The van der Waals surface area contributed by atoms with E-state index in [1.165, 1.54) is 5.56 Å². The van der Waals surface area contributed by atoms with E-state index in [0.717, 1.165) is 44.2 Å². The predicted octanol–water partition coefficient (Wildman–Crippen LogP) is 4.71. The van der Waals surface area contributed by atoms with Crippen LogP contribution in [0, 0.1) is 6.92 Å². The zero-order chi connectivity index (χ0) is 16.8. The highest BCUT2D eigenvalue weighted by Crippen LogP contribution is 2.35. The molecule has 25 heavy (non-hydrogen) atoms. The Morgan fingerprint density at radius 2 is 1.80 bits per heavy atom. The molecule has 5 heteroatoms. The molecule has 0 spiro atoms. The first-order chi connectivity index (χ1) is 12.3. The van der Waals surface area contributed by atoms with E-state index in [1.54, 1.807) is 12.4 Å². The highest BCUT2D eigenvalue weighted by Gasteiger charge is 2.14. The monoisotopic (exact) mass is 325 g/mol. The molecule has 5 nitrogen and oxygen atoms in total. The normalized spacial score (nSPS) is 11.4. The number of aryl methyl sites for hydroxylation is 1. The molecule has 0 aliphatic carbocycles. The Balaban J connectivity index is 1.85. The number of nitrogens with zero attached hydrogens (tertiary/aromatic N) is 3. The number of aromatic amines is 1. The Hall–Kier alpha value is -3.47. The molecule has 0 saturated carbocycles. The Labute approximate surface area is 143 Å². The topological polar surface area (TPSA) is 66.5 Å². The fraction of sp³-hybridized carbons (Fsp3) is 0.0500. The standard InChI is InChI=1S/C20H15N5/c1-12-3-2-4-13(9-12)23-20-19-18(14-5-7-21-10-16(14)24-19)15-6-8-22-11-17(15)25-20/h2-11,24H,1H3,(H,23,25).